The van der Waals surface area contributed by atoms with Gasteiger partial charge in [-0.1, -0.05) is 24.3 Å². The topological polar surface area (TPSA) is 67.2 Å². The monoisotopic (exact) mass is 281 g/mol. The van der Waals surface area contributed by atoms with Crippen molar-refractivity contribution in [3.8, 4) is 5.75 Å². The van der Waals surface area contributed by atoms with Crippen molar-refractivity contribution < 1.29 is 9.90 Å². The van der Waals surface area contributed by atoms with E-state index in [2.05, 4.69) is 10.4 Å². The summed E-state index contributed by atoms with van der Waals surface area (Å²) in [6, 6.07) is 12.6. The Kier molecular flexibility index (Phi) is 3.10. The summed E-state index contributed by atoms with van der Waals surface area (Å²) in [5, 5.41) is 17.6. The molecule has 0 spiro atoms. The number of benzene rings is 2. The van der Waals surface area contributed by atoms with Crippen LogP contribution in [0, 0.1) is 6.92 Å². The number of nitrogens with zero attached hydrogens (tertiary/aromatic N) is 2. The van der Waals surface area contributed by atoms with E-state index in [1.165, 1.54) is 0 Å². The first kappa shape index (κ1) is 13.2. The van der Waals surface area contributed by atoms with Gasteiger partial charge in [-0.3, -0.25) is 9.48 Å². The van der Waals surface area contributed by atoms with Crippen molar-refractivity contribution in [1.82, 2.24) is 9.78 Å². The molecule has 0 radical (unpaired) electrons. The van der Waals surface area contributed by atoms with Crippen LogP contribution in [-0.2, 0) is 7.05 Å². The molecule has 0 saturated heterocycles. The third-order valence-electron chi connectivity index (χ3n) is 3.53. The molecule has 106 valence electrons. The van der Waals surface area contributed by atoms with Crippen LogP contribution in [0.4, 0.5) is 5.69 Å². The van der Waals surface area contributed by atoms with E-state index in [9.17, 15) is 9.90 Å². The first-order valence-corrected chi connectivity index (χ1v) is 6.59. The number of carbonyl (C=O) groups is 1. The maximum absolute atomic E-state index is 12.4. The molecule has 0 bridgehead atoms. The summed E-state index contributed by atoms with van der Waals surface area (Å²) in [4.78, 5) is 12.4. The van der Waals surface area contributed by atoms with Crippen molar-refractivity contribution in [1.29, 1.82) is 0 Å². The molecule has 3 rings (SSSR count). The van der Waals surface area contributed by atoms with E-state index in [-0.39, 0.29) is 11.7 Å². The van der Waals surface area contributed by atoms with E-state index >= 15 is 0 Å². The SMILES string of the molecule is Cc1c(O)cccc1NC(=O)c1nn(C)c2ccccc12. The van der Waals surface area contributed by atoms with Crippen LogP contribution < -0.4 is 5.32 Å². The average molecular weight is 281 g/mol. The zero-order chi connectivity index (χ0) is 15.0. The molecule has 2 aromatic carbocycles. The fourth-order valence-electron chi connectivity index (χ4n) is 2.32. The van der Waals surface area contributed by atoms with Gasteiger partial charge in [-0.15, -0.1) is 0 Å². The number of phenolic OH excluding ortho intramolecular Hbond substituents is 1. The fraction of sp³-hybridized carbons (Fsp3) is 0.125. The lowest BCUT2D eigenvalue weighted by Gasteiger charge is -2.08. The van der Waals surface area contributed by atoms with Crippen LogP contribution in [-0.4, -0.2) is 20.8 Å². The normalized spacial score (nSPS) is 10.8. The maximum atomic E-state index is 12.4. The number of aromatic hydroxyl groups is 1. The van der Waals surface area contributed by atoms with E-state index in [4.69, 9.17) is 0 Å². The number of amides is 1. The fourth-order valence-corrected chi connectivity index (χ4v) is 2.32. The molecule has 1 aromatic heterocycles. The standard InChI is InChI=1S/C16H15N3O2/c1-10-12(7-5-9-14(10)20)17-16(21)15-11-6-3-4-8-13(11)19(2)18-15/h3-9,20H,1-2H3,(H,17,21). The highest BCUT2D eigenvalue weighted by Crippen LogP contribution is 2.25. The second-order valence-corrected chi connectivity index (χ2v) is 4.89. The molecule has 1 heterocycles. The van der Waals surface area contributed by atoms with E-state index in [1.54, 1.807) is 36.9 Å². The summed E-state index contributed by atoms with van der Waals surface area (Å²) in [6.45, 7) is 1.75. The minimum atomic E-state index is -0.291. The molecule has 1 amide bonds. The molecule has 0 saturated carbocycles. The molecule has 0 aliphatic heterocycles. The minimum Gasteiger partial charge on any atom is -0.508 e. The molecular weight excluding hydrogens is 266 g/mol. The number of anilines is 1. The van der Waals surface area contributed by atoms with Gasteiger partial charge in [-0.25, -0.2) is 0 Å². The molecule has 2 N–H and O–H groups in total. The average Bonchev–Trinajstić information content (AvgIpc) is 2.82. The number of aryl methyl sites for hydroxylation is 1. The molecule has 0 atom stereocenters. The Hall–Kier alpha value is -2.82. The van der Waals surface area contributed by atoms with Gasteiger partial charge in [0.15, 0.2) is 5.69 Å². The first-order chi connectivity index (χ1) is 10.1. The maximum Gasteiger partial charge on any atom is 0.276 e. The molecule has 0 fully saturated rings. The van der Waals surface area contributed by atoms with Gasteiger partial charge in [0.1, 0.15) is 5.75 Å². The van der Waals surface area contributed by atoms with Crippen molar-refractivity contribution in [2.24, 2.45) is 7.05 Å². The summed E-state index contributed by atoms with van der Waals surface area (Å²) in [7, 11) is 1.80. The zero-order valence-electron chi connectivity index (χ0n) is 11.8. The van der Waals surface area contributed by atoms with Gasteiger partial charge in [0.2, 0.25) is 0 Å². The van der Waals surface area contributed by atoms with E-state index < -0.39 is 0 Å². The molecule has 5 nitrogen and oxygen atoms in total. The van der Waals surface area contributed by atoms with Crippen LogP contribution in [0.1, 0.15) is 16.1 Å². The van der Waals surface area contributed by atoms with Gasteiger partial charge < -0.3 is 10.4 Å². The summed E-state index contributed by atoms with van der Waals surface area (Å²) in [5.41, 5.74) is 2.48. The van der Waals surface area contributed by atoms with Gasteiger partial charge in [0.25, 0.3) is 5.91 Å². The summed E-state index contributed by atoms with van der Waals surface area (Å²) < 4.78 is 1.68. The van der Waals surface area contributed by atoms with Crippen molar-refractivity contribution >= 4 is 22.5 Å². The second kappa shape index (κ2) is 4.94. The predicted molar refractivity (Wildman–Crippen MR) is 81.5 cm³/mol. The van der Waals surface area contributed by atoms with Crippen LogP contribution in [0.3, 0.4) is 0 Å². The van der Waals surface area contributed by atoms with Crippen LogP contribution in [0.2, 0.25) is 0 Å². The quantitative estimate of drug-likeness (QED) is 0.759. The summed E-state index contributed by atoms with van der Waals surface area (Å²) in [6.07, 6.45) is 0. The highest BCUT2D eigenvalue weighted by molar-refractivity contribution is 6.11. The number of carbonyl (C=O) groups excluding carboxylic acids is 1. The van der Waals surface area contributed by atoms with E-state index in [0.717, 1.165) is 10.9 Å². The van der Waals surface area contributed by atoms with Gasteiger partial charge in [-0.2, -0.15) is 5.10 Å². The Morgan fingerprint density at radius 2 is 1.95 bits per heavy atom. The lowest BCUT2D eigenvalue weighted by Crippen LogP contribution is -2.14. The Balaban J connectivity index is 2.00. The summed E-state index contributed by atoms with van der Waals surface area (Å²) in [5.74, 6) is -0.140. The Labute approximate surface area is 121 Å². The largest absolute Gasteiger partial charge is 0.508 e. The van der Waals surface area contributed by atoms with Crippen molar-refractivity contribution in [2.75, 3.05) is 5.32 Å². The van der Waals surface area contributed by atoms with Gasteiger partial charge in [0.05, 0.1) is 5.52 Å². The van der Waals surface area contributed by atoms with Gasteiger partial charge in [-0.05, 0) is 25.1 Å². The van der Waals surface area contributed by atoms with Crippen LogP contribution in [0.5, 0.6) is 5.75 Å². The minimum absolute atomic E-state index is 0.152. The molecule has 3 aromatic rings. The van der Waals surface area contributed by atoms with E-state index in [1.807, 2.05) is 24.3 Å². The second-order valence-electron chi connectivity index (χ2n) is 4.89. The number of aromatic nitrogens is 2. The van der Waals surface area contributed by atoms with Crippen LogP contribution in [0.15, 0.2) is 42.5 Å². The molecule has 0 aliphatic rings. The number of nitrogens with one attached hydrogen (secondary N) is 1. The number of fused-ring (bicyclic) bond motifs is 1. The number of hydrogen-bond donors (Lipinski definition) is 2. The summed E-state index contributed by atoms with van der Waals surface area (Å²) >= 11 is 0. The zero-order valence-corrected chi connectivity index (χ0v) is 11.8. The smallest absolute Gasteiger partial charge is 0.276 e. The number of phenols is 1. The predicted octanol–water partition coefficient (Wildman–Crippen LogP) is 2.84. The third-order valence-corrected chi connectivity index (χ3v) is 3.53. The van der Waals surface area contributed by atoms with Crippen molar-refractivity contribution in [3.05, 3.63) is 53.7 Å². The number of para-hydroxylation sites is 1. The van der Waals surface area contributed by atoms with Gasteiger partial charge >= 0.3 is 0 Å². The number of hydrogen-bond acceptors (Lipinski definition) is 3. The Morgan fingerprint density at radius 1 is 1.19 bits per heavy atom. The third kappa shape index (κ3) is 2.23. The molecular formula is C16H15N3O2. The number of rotatable bonds is 2. The molecule has 0 unspecified atom stereocenters. The Bertz CT molecular complexity index is 837. The molecule has 5 heteroatoms. The van der Waals surface area contributed by atoms with Crippen LogP contribution >= 0.6 is 0 Å². The first-order valence-electron chi connectivity index (χ1n) is 6.59. The van der Waals surface area contributed by atoms with Gasteiger partial charge in [0, 0.05) is 23.7 Å². The van der Waals surface area contributed by atoms with Crippen molar-refractivity contribution in [2.45, 2.75) is 6.92 Å². The molecule has 21 heavy (non-hydrogen) atoms. The van der Waals surface area contributed by atoms with Crippen molar-refractivity contribution in [3.63, 3.8) is 0 Å². The highest BCUT2D eigenvalue weighted by atomic mass is 16.3. The molecule has 0 aliphatic carbocycles. The Morgan fingerprint density at radius 3 is 2.76 bits per heavy atom. The highest BCUT2D eigenvalue weighted by Gasteiger charge is 2.16. The lowest BCUT2D eigenvalue weighted by molar-refractivity contribution is 0.102. The van der Waals surface area contributed by atoms with E-state index in [0.29, 0.717) is 16.9 Å². The van der Waals surface area contributed by atoms with Crippen LogP contribution in [0.25, 0.3) is 10.9 Å². The lowest BCUT2D eigenvalue weighted by atomic mass is 10.1.